The molecule has 0 saturated carbocycles. The first-order valence-electron chi connectivity index (χ1n) is 0.512. The molecule has 0 aromatic rings. The predicted octanol–water partition coefficient (Wildman–Crippen LogP) is -1.49. The second-order valence-electron chi connectivity index (χ2n) is 0.129. The summed E-state index contributed by atoms with van der Waals surface area (Å²) in [5.41, 5.74) is 4.15. The van der Waals surface area contributed by atoms with E-state index in [1.54, 1.807) is 0 Å². The van der Waals surface area contributed by atoms with Gasteiger partial charge >= 0.3 is 27.3 Å². The fraction of sp³-hybridized carbons (Fsp3) is 0. The molecule has 0 saturated heterocycles. The molecule has 0 aliphatic heterocycles. The number of nitrogens with zero attached hydrogens (tertiary/aromatic N) is 1. The van der Waals surface area contributed by atoms with Gasteiger partial charge in [0.15, 0.2) is 6.19 Å². The molecule has 2 radical (unpaired) electrons. The molecular weight excluding hydrogens is 313 g/mol. The van der Waals surface area contributed by atoms with E-state index in [-0.39, 0.29) is 46.8 Å². The number of nitrogens with two attached hydrogens (primary N) is 1. The minimum atomic E-state index is 0. The van der Waals surface area contributed by atoms with Gasteiger partial charge in [0.25, 0.3) is 0 Å². The minimum Gasteiger partial charge on any atom is 0 e. The smallest absolute Gasteiger partial charge is 0 e. The average Bonchev–Trinajstić information content (AvgIpc) is 0.918. The van der Waals surface area contributed by atoms with Gasteiger partial charge in [-0.2, -0.15) is 5.26 Å². The van der Waals surface area contributed by atoms with E-state index >= 15 is 0 Å². The van der Waals surface area contributed by atoms with Crippen molar-refractivity contribution >= 4 is 27.3 Å². The second kappa shape index (κ2) is 21.1. The van der Waals surface area contributed by atoms with Crippen LogP contribution >= 0.6 is 0 Å². The first kappa shape index (κ1) is 17.0. The topological polar surface area (TPSA) is 49.8 Å². The Labute approximate surface area is 63.6 Å². The van der Waals surface area contributed by atoms with E-state index in [9.17, 15) is 0 Å². The van der Waals surface area contributed by atoms with Crippen LogP contribution in [-0.4, -0.2) is 27.3 Å². The van der Waals surface area contributed by atoms with E-state index in [1.165, 1.54) is 6.19 Å². The predicted molar refractivity (Wildman–Crippen MR) is 18.3 cm³/mol. The Morgan fingerprint density at radius 1 is 1.60 bits per heavy atom. The molecule has 0 aromatic heterocycles. The van der Waals surface area contributed by atoms with E-state index in [0.717, 1.165) is 0 Å². The van der Waals surface area contributed by atoms with Crippen molar-refractivity contribution in [2.24, 2.45) is 5.73 Å². The average molecular weight is 317 g/mol. The van der Waals surface area contributed by atoms with Crippen LogP contribution in [0.4, 0.5) is 0 Å². The fourth-order valence-electron chi connectivity index (χ4n) is 0. The summed E-state index contributed by atoms with van der Waals surface area (Å²) < 4.78 is 0. The van der Waals surface area contributed by atoms with Crippen LogP contribution in [0.15, 0.2) is 0 Å². The van der Waals surface area contributed by atoms with E-state index in [4.69, 9.17) is 5.26 Å². The van der Waals surface area contributed by atoms with E-state index in [1.807, 2.05) is 0 Å². The van der Waals surface area contributed by atoms with Gasteiger partial charge in [-0.15, -0.1) is 0 Å². The third-order valence-electron chi connectivity index (χ3n) is 0. The molecule has 4 heteroatoms. The Bertz CT molecular complexity index is 31.1. The molecule has 0 aliphatic carbocycles. The van der Waals surface area contributed by atoms with Gasteiger partial charge in [-0.25, -0.2) is 0 Å². The van der Waals surface area contributed by atoms with Crippen LogP contribution in [0.25, 0.3) is 0 Å². The first-order chi connectivity index (χ1) is 1.41. The summed E-state index contributed by atoms with van der Waals surface area (Å²) in [5.74, 6) is 0. The van der Waals surface area contributed by atoms with Gasteiger partial charge in [0.05, 0.1) is 0 Å². The molecule has 0 aliphatic rings. The molecule has 0 spiro atoms. The van der Waals surface area contributed by atoms with Crippen LogP contribution in [0.5, 0.6) is 0 Å². The van der Waals surface area contributed by atoms with Gasteiger partial charge in [0.2, 0.25) is 0 Å². The van der Waals surface area contributed by atoms with Gasteiger partial charge in [-0.3, -0.25) is 0 Å². The summed E-state index contributed by atoms with van der Waals surface area (Å²) in [7, 11) is 0. The van der Waals surface area contributed by atoms with Crippen molar-refractivity contribution in [3.05, 3.63) is 0 Å². The molecule has 0 fully saturated rings. The zero-order valence-electron chi connectivity index (χ0n) is 2.94. The zero-order valence-corrected chi connectivity index (χ0v) is 11.4. The third-order valence-corrected chi connectivity index (χ3v) is 0. The van der Waals surface area contributed by atoms with Crippen molar-refractivity contribution in [3.8, 4) is 6.19 Å². The van der Waals surface area contributed by atoms with Crippen LogP contribution in [0, 0.1) is 11.5 Å². The molecule has 0 bridgehead atoms. The molecule has 2 N–H and O–H groups in total. The summed E-state index contributed by atoms with van der Waals surface area (Å²) in [5, 5.41) is 7.10. The van der Waals surface area contributed by atoms with Gasteiger partial charge < -0.3 is 5.73 Å². The quantitative estimate of drug-likeness (QED) is 0.336. The Morgan fingerprint density at radius 3 is 1.60 bits per heavy atom. The Morgan fingerprint density at radius 2 is 1.60 bits per heavy atom. The third kappa shape index (κ3) is 55.7. The van der Waals surface area contributed by atoms with E-state index < -0.39 is 0 Å². The number of hydrogen-bond acceptors (Lipinski definition) is 2. The number of hydrogen-bond donors (Lipinski definition) is 1. The maximum absolute atomic E-state index is 7.10. The van der Waals surface area contributed by atoms with Crippen molar-refractivity contribution in [2.45, 2.75) is 0 Å². The van der Waals surface area contributed by atoms with E-state index in [2.05, 4.69) is 5.73 Å². The molecule has 24 valence electrons. The summed E-state index contributed by atoms with van der Waals surface area (Å²) in [6, 6.07) is 0. The first-order valence-corrected chi connectivity index (χ1v) is 0.512. The van der Waals surface area contributed by atoms with Gasteiger partial charge in [0.1, 0.15) is 0 Å². The van der Waals surface area contributed by atoms with Crippen molar-refractivity contribution in [1.82, 2.24) is 0 Å². The van der Waals surface area contributed by atoms with Crippen LogP contribution in [0.2, 0.25) is 0 Å². The molecule has 0 atom stereocenters. The molecule has 0 heterocycles. The largest absolute Gasteiger partial charge is 0 e. The molecule has 0 amide bonds. The van der Waals surface area contributed by atoms with Gasteiger partial charge in [0, 0.05) is 19.5 Å². The monoisotopic (exact) mass is 316 g/mol. The van der Waals surface area contributed by atoms with Crippen LogP contribution in [0.1, 0.15) is 0 Å². The van der Waals surface area contributed by atoms with Crippen molar-refractivity contribution in [3.63, 3.8) is 0 Å². The molecule has 0 rings (SSSR count). The standard InChI is InChI=1S/CH2N2.Pb.Zn.2H/c2-1-3;;;;/h2H2;;;;. The normalized spacial score (nSPS) is 1.40. The van der Waals surface area contributed by atoms with Crippen LogP contribution < -0.4 is 5.73 Å². The van der Waals surface area contributed by atoms with Crippen molar-refractivity contribution < 1.29 is 19.5 Å². The molecule has 0 unspecified atom stereocenters. The van der Waals surface area contributed by atoms with Crippen LogP contribution in [-0.2, 0) is 19.5 Å². The Balaban J connectivity index is -0.0000000200. The maximum atomic E-state index is 7.10. The Hall–Kier alpha value is 0.835. The molecule has 5 heavy (non-hydrogen) atoms. The van der Waals surface area contributed by atoms with Gasteiger partial charge in [-0.05, 0) is 0 Å². The Kier molecular flexibility index (Phi) is 71.7. The SMILES string of the molecule is N#CN.[PbH2].[Zn]. The summed E-state index contributed by atoms with van der Waals surface area (Å²) >= 11 is 0. The molecule has 0 aromatic carbocycles. The summed E-state index contributed by atoms with van der Waals surface area (Å²) in [4.78, 5) is 0. The second-order valence-corrected chi connectivity index (χ2v) is 0.129. The molecule has 2 nitrogen and oxygen atoms in total. The fourth-order valence-corrected chi connectivity index (χ4v) is 0. The summed E-state index contributed by atoms with van der Waals surface area (Å²) in [6.45, 7) is 0. The minimum absolute atomic E-state index is 0. The summed E-state index contributed by atoms with van der Waals surface area (Å²) in [6.07, 6.45) is 1.25. The van der Waals surface area contributed by atoms with Crippen LogP contribution in [0.3, 0.4) is 0 Å². The number of rotatable bonds is 0. The maximum Gasteiger partial charge on any atom is 0 e. The van der Waals surface area contributed by atoms with Crippen molar-refractivity contribution in [2.75, 3.05) is 0 Å². The zero-order chi connectivity index (χ0) is 2.71. The molecular formula is CH4N2PbZn. The number of nitriles is 1. The van der Waals surface area contributed by atoms with Crippen molar-refractivity contribution in [1.29, 1.82) is 5.26 Å². The van der Waals surface area contributed by atoms with Gasteiger partial charge in [-0.1, -0.05) is 0 Å². The van der Waals surface area contributed by atoms with E-state index in [0.29, 0.717) is 0 Å².